The van der Waals surface area contributed by atoms with E-state index in [0.29, 0.717) is 35.7 Å². The SMILES string of the molecule is C[C@@H](CC/C=C/C(=O)Nc1ccccc1N)[C@H](OC(=O)Nc1ccccc1)c1ccc(OCCO)cc1. The molecule has 0 bridgehead atoms. The van der Waals surface area contributed by atoms with Crippen LogP contribution >= 0.6 is 0 Å². The zero-order valence-electron chi connectivity index (χ0n) is 20.8. The first-order valence-corrected chi connectivity index (χ1v) is 12.1. The van der Waals surface area contributed by atoms with E-state index in [1.165, 1.54) is 6.08 Å². The number of allylic oxidation sites excluding steroid dienone is 1. The van der Waals surface area contributed by atoms with Crippen molar-refractivity contribution in [2.75, 3.05) is 29.6 Å². The molecule has 0 radical (unpaired) electrons. The number of nitrogens with two attached hydrogens (primary N) is 1. The maximum Gasteiger partial charge on any atom is 0.412 e. The molecule has 2 atom stereocenters. The summed E-state index contributed by atoms with van der Waals surface area (Å²) in [6, 6.07) is 23.4. The quantitative estimate of drug-likeness (QED) is 0.190. The summed E-state index contributed by atoms with van der Waals surface area (Å²) in [5.74, 6) is 0.299. The Kier molecular flexibility index (Phi) is 10.6. The number of nitrogen functional groups attached to an aromatic ring is 1. The van der Waals surface area contributed by atoms with Gasteiger partial charge in [-0.2, -0.15) is 0 Å². The zero-order valence-corrected chi connectivity index (χ0v) is 20.8. The molecule has 0 fully saturated rings. The lowest BCUT2D eigenvalue weighted by atomic mass is 9.93. The van der Waals surface area contributed by atoms with E-state index < -0.39 is 12.2 Å². The van der Waals surface area contributed by atoms with Crippen LogP contribution in [0.25, 0.3) is 0 Å². The van der Waals surface area contributed by atoms with Crippen LogP contribution in [0.1, 0.15) is 31.4 Å². The monoisotopic (exact) mass is 503 g/mol. The van der Waals surface area contributed by atoms with Gasteiger partial charge in [-0.3, -0.25) is 10.1 Å². The van der Waals surface area contributed by atoms with Gasteiger partial charge in [0, 0.05) is 5.69 Å². The molecule has 194 valence electrons. The molecule has 0 aliphatic heterocycles. The highest BCUT2D eigenvalue weighted by Crippen LogP contribution is 2.31. The van der Waals surface area contributed by atoms with Crippen molar-refractivity contribution < 1.29 is 24.2 Å². The number of hydrogen-bond acceptors (Lipinski definition) is 6. The lowest BCUT2D eigenvalue weighted by molar-refractivity contribution is -0.111. The molecule has 3 aromatic rings. The summed E-state index contributed by atoms with van der Waals surface area (Å²) in [5, 5.41) is 14.5. The molecule has 5 N–H and O–H groups in total. The topological polar surface area (TPSA) is 123 Å². The second-order valence-electron chi connectivity index (χ2n) is 8.49. The number of aliphatic hydroxyl groups excluding tert-OH is 1. The second-order valence-corrected chi connectivity index (χ2v) is 8.49. The lowest BCUT2D eigenvalue weighted by Gasteiger charge is -2.25. The lowest BCUT2D eigenvalue weighted by Crippen LogP contribution is -2.22. The van der Waals surface area contributed by atoms with Gasteiger partial charge >= 0.3 is 6.09 Å². The van der Waals surface area contributed by atoms with Gasteiger partial charge < -0.3 is 25.6 Å². The van der Waals surface area contributed by atoms with Gasteiger partial charge in [-0.05, 0) is 66.8 Å². The van der Waals surface area contributed by atoms with E-state index in [0.717, 1.165) is 5.56 Å². The summed E-state index contributed by atoms with van der Waals surface area (Å²) in [5.41, 5.74) is 8.39. The minimum atomic E-state index is -0.556. The Hall–Kier alpha value is -4.30. The number of amides is 2. The van der Waals surface area contributed by atoms with E-state index in [9.17, 15) is 9.59 Å². The minimum Gasteiger partial charge on any atom is -0.491 e. The van der Waals surface area contributed by atoms with Gasteiger partial charge in [0.2, 0.25) is 5.91 Å². The molecule has 0 heterocycles. The third-order valence-corrected chi connectivity index (χ3v) is 5.62. The number of hydrogen-bond donors (Lipinski definition) is 4. The molecular formula is C29H33N3O5. The number of ether oxygens (including phenoxy) is 2. The number of aliphatic hydroxyl groups is 1. The maximum atomic E-state index is 12.7. The van der Waals surface area contributed by atoms with Crippen molar-refractivity contribution in [3.63, 3.8) is 0 Å². The highest BCUT2D eigenvalue weighted by molar-refractivity contribution is 6.01. The number of benzene rings is 3. The Labute approximate surface area is 217 Å². The first-order chi connectivity index (χ1) is 18.0. The van der Waals surface area contributed by atoms with Crippen LogP contribution in [-0.2, 0) is 9.53 Å². The molecule has 3 aromatic carbocycles. The standard InChI is InChI=1S/C29H33N3O5/c1-21(9-5-8-14-27(34)32-26-13-7-6-12-25(26)30)28(22-15-17-24(18-16-22)36-20-19-33)37-29(35)31-23-10-3-2-4-11-23/h2-4,6-8,10-18,21,28,33H,5,9,19-20,30H2,1H3,(H,31,35)(H,32,34)/b14-8+/t21-,28-/m0/s1. The summed E-state index contributed by atoms with van der Waals surface area (Å²) in [6.45, 7) is 2.12. The number of nitrogens with one attached hydrogen (secondary N) is 2. The summed E-state index contributed by atoms with van der Waals surface area (Å²) in [6.07, 6.45) is 3.46. The van der Waals surface area contributed by atoms with Crippen LogP contribution in [0, 0.1) is 5.92 Å². The third kappa shape index (κ3) is 9.01. The van der Waals surface area contributed by atoms with Gasteiger partial charge in [0.25, 0.3) is 0 Å². The predicted molar refractivity (Wildman–Crippen MR) is 145 cm³/mol. The van der Waals surface area contributed by atoms with Gasteiger partial charge in [0.1, 0.15) is 18.5 Å². The van der Waals surface area contributed by atoms with E-state index in [4.69, 9.17) is 20.3 Å². The van der Waals surface area contributed by atoms with Crippen molar-refractivity contribution in [1.82, 2.24) is 0 Å². The average molecular weight is 504 g/mol. The van der Waals surface area contributed by atoms with Gasteiger partial charge in [0.15, 0.2) is 0 Å². The van der Waals surface area contributed by atoms with Gasteiger partial charge in [-0.25, -0.2) is 4.79 Å². The number of anilines is 3. The zero-order chi connectivity index (χ0) is 26.5. The number of carbonyl (C=O) groups excluding carboxylic acids is 2. The van der Waals surface area contributed by atoms with Crippen LogP contribution in [0.2, 0.25) is 0 Å². The highest BCUT2D eigenvalue weighted by Gasteiger charge is 2.23. The van der Waals surface area contributed by atoms with Gasteiger partial charge in [-0.15, -0.1) is 0 Å². The summed E-state index contributed by atoms with van der Waals surface area (Å²) >= 11 is 0. The molecule has 37 heavy (non-hydrogen) atoms. The first-order valence-electron chi connectivity index (χ1n) is 12.1. The first kappa shape index (κ1) is 27.3. The molecular weight excluding hydrogens is 470 g/mol. The molecule has 0 saturated carbocycles. The van der Waals surface area contributed by atoms with Crippen LogP contribution in [-0.4, -0.2) is 30.3 Å². The Morgan fingerprint density at radius 1 is 0.973 bits per heavy atom. The van der Waals surface area contributed by atoms with E-state index in [-0.39, 0.29) is 25.0 Å². The molecule has 2 amide bonds. The van der Waals surface area contributed by atoms with E-state index >= 15 is 0 Å². The summed E-state index contributed by atoms with van der Waals surface area (Å²) < 4.78 is 11.3. The van der Waals surface area contributed by atoms with Crippen molar-refractivity contribution in [3.8, 4) is 5.75 Å². The third-order valence-electron chi connectivity index (χ3n) is 5.62. The second kappa shape index (κ2) is 14.3. The summed E-state index contributed by atoms with van der Waals surface area (Å²) in [7, 11) is 0. The Morgan fingerprint density at radius 3 is 2.38 bits per heavy atom. The number of para-hydroxylation sites is 3. The van der Waals surface area contributed by atoms with E-state index in [1.807, 2.05) is 37.3 Å². The van der Waals surface area contributed by atoms with Crippen LogP contribution in [0.5, 0.6) is 5.75 Å². The van der Waals surface area contributed by atoms with Crippen LogP contribution in [0.3, 0.4) is 0 Å². The molecule has 0 unspecified atom stereocenters. The normalized spacial score (nSPS) is 12.5. The van der Waals surface area contributed by atoms with Crippen LogP contribution in [0.4, 0.5) is 21.9 Å². The average Bonchev–Trinajstić information content (AvgIpc) is 2.90. The van der Waals surface area contributed by atoms with Crippen LogP contribution in [0.15, 0.2) is 91.0 Å². The maximum absolute atomic E-state index is 12.7. The number of carbonyl (C=O) groups is 2. The fourth-order valence-corrected chi connectivity index (χ4v) is 3.70. The highest BCUT2D eigenvalue weighted by atomic mass is 16.6. The van der Waals surface area contributed by atoms with Gasteiger partial charge in [-0.1, -0.05) is 55.5 Å². The van der Waals surface area contributed by atoms with Crippen molar-refractivity contribution in [2.45, 2.75) is 25.9 Å². The largest absolute Gasteiger partial charge is 0.491 e. The Bertz CT molecular complexity index is 1170. The molecule has 0 aliphatic rings. The summed E-state index contributed by atoms with van der Waals surface area (Å²) in [4.78, 5) is 24.9. The Morgan fingerprint density at radius 2 is 1.68 bits per heavy atom. The molecule has 0 saturated heterocycles. The van der Waals surface area contributed by atoms with Gasteiger partial charge in [0.05, 0.1) is 18.0 Å². The minimum absolute atomic E-state index is 0.0526. The molecule has 8 heteroatoms. The molecule has 0 aromatic heterocycles. The fourth-order valence-electron chi connectivity index (χ4n) is 3.70. The Balaban J connectivity index is 1.62. The predicted octanol–water partition coefficient (Wildman–Crippen LogP) is 5.54. The molecule has 0 aliphatic carbocycles. The van der Waals surface area contributed by atoms with E-state index in [1.54, 1.807) is 54.6 Å². The van der Waals surface area contributed by atoms with Crippen molar-refractivity contribution in [1.29, 1.82) is 0 Å². The van der Waals surface area contributed by atoms with Crippen molar-refractivity contribution in [2.24, 2.45) is 5.92 Å². The fraction of sp³-hybridized carbons (Fsp3) is 0.241. The number of rotatable bonds is 12. The smallest absolute Gasteiger partial charge is 0.412 e. The van der Waals surface area contributed by atoms with Crippen molar-refractivity contribution in [3.05, 3.63) is 96.6 Å². The van der Waals surface area contributed by atoms with Crippen LogP contribution < -0.4 is 21.1 Å². The molecule has 0 spiro atoms. The van der Waals surface area contributed by atoms with E-state index in [2.05, 4.69) is 10.6 Å². The van der Waals surface area contributed by atoms with Crippen molar-refractivity contribution >= 4 is 29.1 Å². The molecule has 8 nitrogen and oxygen atoms in total. The molecule has 3 rings (SSSR count).